The second-order valence-corrected chi connectivity index (χ2v) is 6.91. The topological polar surface area (TPSA) is 96.3 Å². The van der Waals surface area contributed by atoms with Gasteiger partial charge in [-0.3, -0.25) is 4.98 Å². The number of nitrogens with two attached hydrogens (primary N) is 1. The molecule has 7 nitrogen and oxygen atoms in total. The van der Waals surface area contributed by atoms with Crippen molar-refractivity contribution in [2.75, 3.05) is 19.8 Å². The van der Waals surface area contributed by atoms with Gasteiger partial charge in [0, 0.05) is 37.8 Å². The van der Waals surface area contributed by atoms with Crippen molar-refractivity contribution in [3.63, 3.8) is 0 Å². The predicted molar refractivity (Wildman–Crippen MR) is 112 cm³/mol. The first-order valence-electron chi connectivity index (χ1n) is 9.75. The van der Waals surface area contributed by atoms with Gasteiger partial charge in [0.05, 0.1) is 6.54 Å². The van der Waals surface area contributed by atoms with E-state index in [0.717, 1.165) is 24.5 Å². The molecule has 1 atom stereocenters. The van der Waals surface area contributed by atoms with E-state index in [9.17, 15) is 13.9 Å². The van der Waals surface area contributed by atoms with Crippen LogP contribution in [-0.4, -0.2) is 47.9 Å². The highest BCUT2D eigenvalue weighted by molar-refractivity contribution is 5.55. The molecular weight excluding hydrogens is 430 g/mol. The fourth-order valence-corrected chi connectivity index (χ4v) is 3.11. The minimum absolute atomic E-state index is 0.397. The number of benzene rings is 1. The molecule has 0 fully saturated rings. The van der Waals surface area contributed by atoms with Crippen molar-refractivity contribution in [2.45, 2.75) is 31.3 Å². The summed E-state index contributed by atoms with van der Waals surface area (Å²) in [5.74, 6) is -1.45. The van der Waals surface area contributed by atoms with Gasteiger partial charge in [0.15, 0.2) is 5.60 Å². The first-order valence-corrected chi connectivity index (χ1v) is 9.75. The molecule has 0 saturated carbocycles. The van der Waals surface area contributed by atoms with Gasteiger partial charge in [0.1, 0.15) is 23.7 Å². The molecule has 1 aromatic heterocycles. The third-order valence-corrected chi connectivity index (χ3v) is 4.77. The van der Waals surface area contributed by atoms with E-state index in [1.165, 1.54) is 12.3 Å². The standard InChI is InChI=1S/C21H25F4N5O2/c1-3-32-10-4-5-15-6-9-19(28-12-15)21(24,25)20(31,13-30(27-2)14-29-26)17-8-7-16(22)11-18(17)23/h6-9,11-12,14,31H,2-5,10,13,26H2,1H3/b29-14-. The predicted octanol–water partition coefficient (Wildman–Crippen LogP) is 3.13. The zero-order valence-corrected chi connectivity index (χ0v) is 17.5. The molecule has 0 spiro atoms. The highest BCUT2D eigenvalue weighted by Crippen LogP contribution is 2.46. The summed E-state index contributed by atoms with van der Waals surface area (Å²) in [6.45, 7) is 5.16. The molecule has 11 heteroatoms. The van der Waals surface area contributed by atoms with E-state index in [0.29, 0.717) is 42.7 Å². The van der Waals surface area contributed by atoms with Gasteiger partial charge in [-0.25, -0.2) is 13.8 Å². The lowest BCUT2D eigenvalue weighted by atomic mass is 9.84. The van der Waals surface area contributed by atoms with Gasteiger partial charge in [-0.15, -0.1) is 0 Å². The summed E-state index contributed by atoms with van der Waals surface area (Å²) in [6.07, 6.45) is 3.30. The third kappa shape index (κ3) is 5.60. The SMILES string of the molecule is C=NN(/C=N\N)CC(O)(c1ccc(F)cc1F)C(F)(F)c1ccc(CCCOCC)cn1. The van der Waals surface area contributed by atoms with Gasteiger partial charge < -0.3 is 15.7 Å². The molecule has 0 aliphatic rings. The maximum atomic E-state index is 15.6. The summed E-state index contributed by atoms with van der Waals surface area (Å²) < 4.78 is 64.4. The van der Waals surface area contributed by atoms with Crippen LogP contribution in [0, 0.1) is 11.6 Å². The van der Waals surface area contributed by atoms with E-state index in [1.807, 2.05) is 6.92 Å². The highest BCUT2D eigenvalue weighted by atomic mass is 19.3. The van der Waals surface area contributed by atoms with Crippen molar-refractivity contribution in [3.05, 3.63) is 65.0 Å². The number of rotatable bonds is 12. The number of ether oxygens (including phenoxy) is 1. The van der Waals surface area contributed by atoms with Gasteiger partial charge in [-0.05, 0) is 43.5 Å². The number of aromatic nitrogens is 1. The van der Waals surface area contributed by atoms with Crippen LogP contribution in [0.15, 0.2) is 46.7 Å². The molecule has 0 saturated heterocycles. The zero-order valence-electron chi connectivity index (χ0n) is 17.5. The fourth-order valence-electron chi connectivity index (χ4n) is 3.11. The number of alkyl halides is 2. The summed E-state index contributed by atoms with van der Waals surface area (Å²) in [6, 6.07) is 4.38. The smallest absolute Gasteiger partial charge is 0.323 e. The number of aryl methyl sites for hydroxylation is 1. The molecule has 1 unspecified atom stereocenters. The molecule has 32 heavy (non-hydrogen) atoms. The average Bonchev–Trinajstić information content (AvgIpc) is 2.76. The zero-order chi connectivity index (χ0) is 23.8. The number of aliphatic hydroxyl groups is 1. The van der Waals surface area contributed by atoms with Crippen LogP contribution < -0.4 is 5.84 Å². The van der Waals surface area contributed by atoms with Gasteiger partial charge in [-0.2, -0.15) is 19.0 Å². The van der Waals surface area contributed by atoms with Crippen LogP contribution in [0.2, 0.25) is 0 Å². The van der Waals surface area contributed by atoms with E-state index in [4.69, 9.17) is 10.6 Å². The largest absolute Gasteiger partial charge is 0.382 e. The summed E-state index contributed by atoms with van der Waals surface area (Å²) in [5.41, 5.74) is -4.21. The molecule has 174 valence electrons. The lowest BCUT2D eigenvalue weighted by Crippen LogP contribution is -2.51. The van der Waals surface area contributed by atoms with Crippen molar-refractivity contribution in [2.24, 2.45) is 16.0 Å². The normalized spacial score (nSPS) is 13.8. The Kier molecular flexibility index (Phi) is 8.67. The van der Waals surface area contributed by atoms with Crippen molar-refractivity contribution in [3.8, 4) is 0 Å². The van der Waals surface area contributed by atoms with Crippen molar-refractivity contribution >= 4 is 13.1 Å². The minimum Gasteiger partial charge on any atom is -0.382 e. The summed E-state index contributed by atoms with van der Waals surface area (Å²) in [7, 11) is 0. The Labute approximate surface area is 183 Å². The minimum atomic E-state index is -4.12. The summed E-state index contributed by atoms with van der Waals surface area (Å²) in [5, 5.41) is 18.4. The maximum absolute atomic E-state index is 15.6. The number of halogens is 4. The Bertz CT molecular complexity index is 927. The molecule has 0 aliphatic carbocycles. The molecular formula is C21H25F4N5O2. The Hall–Kier alpha value is -3.05. The molecule has 2 aromatic rings. The van der Waals surface area contributed by atoms with Crippen molar-refractivity contribution in [1.29, 1.82) is 0 Å². The molecule has 0 radical (unpaired) electrons. The molecule has 1 aromatic carbocycles. The van der Waals surface area contributed by atoms with E-state index < -0.39 is 41.0 Å². The fraction of sp³-hybridized carbons (Fsp3) is 0.381. The second-order valence-electron chi connectivity index (χ2n) is 6.91. The Morgan fingerprint density at radius 3 is 2.59 bits per heavy atom. The van der Waals surface area contributed by atoms with Crippen LogP contribution in [0.3, 0.4) is 0 Å². The number of pyridine rings is 1. The van der Waals surface area contributed by atoms with Gasteiger partial charge in [-0.1, -0.05) is 6.07 Å². The van der Waals surface area contributed by atoms with Crippen LogP contribution in [0.5, 0.6) is 0 Å². The lowest BCUT2D eigenvalue weighted by Gasteiger charge is -2.37. The monoisotopic (exact) mass is 455 g/mol. The van der Waals surface area contributed by atoms with Crippen molar-refractivity contribution in [1.82, 2.24) is 9.99 Å². The Morgan fingerprint density at radius 1 is 1.28 bits per heavy atom. The molecule has 3 N–H and O–H groups in total. The molecule has 0 bridgehead atoms. The maximum Gasteiger partial charge on any atom is 0.323 e. The number of hydrogen-bond acceptors (Lipinski definition) is 6. The van der Waals surface area contributed by atoms with Crippen LogP contribution in [-0.2, 0) is 22.7 Å². The summed E-state index contributed by atoms with van der Waals surface area (Å²) in [4.78, 5) is 3.80. The molecule has 1 heterocycles. The lowest BCUT2D eigenvalue weighted by molar-refractivity contribution is -0.203. The van der Waals surface area contributed by atoms with E-state index in [1.54, 1.807) is 0 Å². The number of hydrazone groups is 2. The molecule has 2 rings (SSSR count). The van der Waals surface area contributed by atoms with Crippen LogP contribution in [0.1, 0.15) is 30.2 Å². The molecule has 0 aliphatic heterocycles. The Morgan fingerprint density at radius 2 is 2.03 bits per heavy atom. The van der Waals surface area contributed by atoms with Gasteiger partial charge in [0.2, 0.25) is 0 Å². The summed E-state index contributed by atoms with van der Waals surface area (Å²) >= 11 is 0. The average molecular weight is 455 g/mol. The first kappa shape index (κ1) is 25.2. The van der Waals surface area contributed by atoms with Crippen molar-refractivity contribution < 1.29 is 27.4 Å². The van der Waals surface area contributed by atoms with E-state index in [2.05, 4.69) is 21.9 Å². The highest BCUT2D eigenvalue weighted by Gasteiger charge is 2.58. The number of hydrogen-bond donors (Lipinski definition) is 2. The van der Waals surface area contributed by atoms with Crippen LogP contribution in [0.25, 0.3) is 0 Å². The van der Waals surface area contributed by atoms with Crippen LogP contribution >= 0.6 is 0 Å². The van der Waals surface area contributed by atoms with Gasteiger partial charge >= 0.3 is 5.92 Å². The van der Waals surface area contributed by atoms with Crippen LogP contribution in [0.4, 0.5) is 17.6 Å². The first-order chi connectivity index (χ1) is 15.2. The van der Waals surface area contributed by atoms with E-state index >= 15 is 8.78 Å². The Balaban J connectivity index is 2.45. The van der Waals surface area contributed by atoms with E-state index in [-0.39, 0.29) is 0 Å². The van der Waals surface area contributed by atoms with Gasteiger partial charge in [0.25, 0.3) is 0 Å². The quantitative estimate of drug-likeness (QED) is 0.128. The number of nitrogens with zero attached hydrogens (tertiary/aromatic N) is 4. The second kappa shape index (κ2) is 11.0. The third-order valence-electron chi connectivity index (χ3n) is 4.77. The molecule has 0 amide bonds.